The molecule has 0 saturated heterocycles. The molecule has 0 bridgehead atoms. The van der Waals surface area contributed by atoms with Crippen LogP contribution in [-0.2, 0) is 37.9 Å². The first-order valence-electron chi connectivity index (χ1n) is 8.10. The molecule has 2 N–H and O–H groups in total. The molecule has 0 atom stereocenters. The maximum atomic E-state index is 5.16. The first kappa shape index (κ1) is 29.4. The van der Waals surface area contributed by atoms with Gasteiger partial charge in [0, 0.05) is 28.4 Å². The molecule has 9 heteroatoms. The number of ether oxygens (including phenoxy) is 8. The van der Waals surface area contributed by atoms with Crippen molar-refractivity contribution in [2.24, 2.45) is 0 Å². The highest BCUT2D eigenvalue weighted by Gasteiger charge is 1.89. The Morgan fingerprint density at radius 3 is 0.640 bits per heavy atom. The van der Waals surface area contributed by atoms with Crippen molar-refractivity contribution in [2.45, 2.75) is 0 Å². The third kappa shape index (κ3) is 35.6. The molecular weight excluding hydrogens is 336 g/mol. The summed E-state index contributed by atoms with van der Waals surface area (Å²) in [6.45, 7) is 7.54. The van der Waals surface area contributed by atoms with Gasteiger partial charge in [-0.15, -0.1) is 0 Å². The van der Waals surface area contributed by atoms with Gasteiger partial charge in [-0.1, -0.05) is 0 Å². The highest BCUT2D eigenvalue weighted by atomic mass is 16.6. The van der Waals surface area contributed by atoms with Crippen LogP contribution in [0.25, 0.3) is 0 Å². The maximum absolute atomic E-state index is 5.16. The predicted octanol–water partition coefficient (Wildman–Crippen LogP) is -0.200. The summed E-state index contributed by atoms with van der Waals surface area (Å²) in [6.07, 6.45) is 0. The van der Waals surface area contributed by atoms with E-state index in [-0.39, 0.29) is 5.48 Å². The zero-order valence-corrected chi connectivity index (χ0v) is 16.3. The van der Waals surface area contributed by atoms with Gasteiger partial charge in [0.15, 0.2) is 0 Å². The molecule has 25 heavy (non-hydrogen) atoms. The van der Waals surface area contributed by atoms with Crippen LogP contribution in [0.5, 0.6) is 0 Å². The predicted molar refractivity (Wildman–Crippen MR) is 94.4 cm³/mol. The molecule has 0 amide bonds. The van der Waals surface area contributed by atoms with E-state index in [1.165, 1.54) is 0 Å². The van der Waals surface area contributed by atoms with Gasteiger partial charge in [-0.3, -0.25) is 0 Å². The van der Waals surface area contributed by atoms with Crippen molar-refractivity contribution in [1.82, 2.24) is 0 Å². The lowest BCUT2D eigenvalue weighted by atomic mass is 10.7. The summed E-state index contributed by atoms with van der Waals surface area (Å²) in [5.41, 5.74) is 0. The molecule has 0 heterocycles. The van der Waals surface area contributed by atoms with Crippen LogP contribution in [0.4, 0.5) is 0 Å². The maximum Gasteiger partial charge on any atom is 0.0701 e. The van der Waals surface area contributed by atoms with Crippen LogP contribution in [0.2, 0.25) is 0 Å². The van der Waals surface area contributed by atoms with E-state index < -0.39 is 0 Å². The lowest BCUT2D eigenvalue weighted by Gasteiger charge is -2.04. The van der Waals surface area contributed by atoms with Gasteiger partial charge in [0.25, 0.3) is 0 Å². The molecule has 0 aliphatic rings. The van der Waals surface area contributed by atoms with Crippen LogP contribution in [-0.4, -0.2) is 113 Å². The van der Waals surface area contributed by atoms with Gasteiger partial charge in [-0.25, -0.2) is 0 Å². The fourth-order valence-electron chi connectivity index (χ4n) is 1.21. The first-order chi connectivity index (χ1) is 11.8. The first-order valence-corrected chi connectivity index (χ1v) is 8.10. The number of hydrogen-bond acceptors (Lipinski definition) is 8. The lowest BCUT2D eigenvalue weighted by molar-refractivity contribution is 0.0106. The molecule has 9 nitrogen and oxygen atoms in total. The van der Waals surface area contributed by atoms with E-state index in [0.717, 1.165) is 0 Å². The van der Waals surface area contributed by atoms with Gasteiger partial charge >= 0.3 is 0 Å². The Kier molecular flexibility index (Phi) is 36.9. The van der Waals surface area contributed by atoms with Crippen molar-refractivity contribution >= 4 is 0 Å². The number of rotatable bonds is 18. The third-order valence-corrected chi connectivity index (χ3v) is 2.47. The van der Waals surface area contributed by atoms with E-state index >= 15 is 0 Å². The highest BCUT2D eigenvalue weighted by Crippen LogP contribution is 1.80. The van der Waals surface area contributed by atoms with Gasteiger partial charge in [0.2, 0.25) is 0 Å². The molecule has 0 radical (unpaired) electrons. The van der Waals surface area contributed by atoms with Gasteiger partial charge in [0.1, 0.15) is 0 Å². The molecule has 0 aromatic rings. The van der Waals surface area contributed by atoms with E-state index in [0.29, 0.717) is 79.3 Å². The molecule has 0 spiro atoms. The minimum absolute atomic E-state index is 0. The van der Waals surface area contributed by atoms with E-state index in [1.807, 2.05) is 0 Å². The summed E-state index contributed by atoms with van der Waals surface area (Å²) in [7, 11) is 6.60. The van der Waals surface area contributed by atoms with Crippen molar-refractivity contribution in [1.29, 1.82) is 0 Å². The minimum Gasteiger partial charge on any atom is -0.412 e. The van der Waals surface area contributed by atoms with Crippen LogP contribution in [0.15, 0.2) is 0 Å². The molecule has 156 valence electrons. The molecule has 0 rings (SSSR count). The molecule has 0 fully saturated rings. The molecule has 0 aliphatic carbocycles. The second kappa shape index (κ2) is 31.4. The second-order valence-corrected chi connectivity index (χ2v) is 4.42. The molecule has 0 saturated carbocycles. The van der Waals surface area contributed by atoms with Gasteiger partial charge in [-0.05, 0) is 0 Å². The zero-order chi connectivity index (χ0) is 18.1. The van der Waals surface area contributed by atoms with Crippen LogP contribution < -0.4 is 0 Å². The summed E-state index contributed by atoms with van der Waals surface area (Å²) in [5, 5.41) is 0. The summed E-state index contributed by atoms with van der Waals surface area (Å²) < 4.78 is 39.9. The average molecular weight is 374 g/mol. The third-order valence-electron chi connectivity index (χ3n) is 2.47. The molecule has 0 aromatic carbocycles. The van der Waals surface area contributed by atoms with E-state index in [9.17, 15) is 0 Å². The Morgan fingerprint density at radius 2 is 0.480 bits per heavy atom. The fourth-order valence-corrected chi connectivity index (χ4v) is 1.21. The van der Waals surface area contributed by atoms with Crippen molar-refractivity contribution in [3.63, 3.8) is 0 Å². The Labute approximate surface area is 152 Å². The largest absolute Gasteiger partial charge is 0.412 e. The Balaban J connectivity index is -0.000000372. The molecule has 0 aliphatic heterocycles. The monoisotopic (exact) mass is 374 g/mol. The van der Waals surface area contributed by atoms with E-state index in [4.69, 9.17) is 37.9 Å². The zero-order valence-electron chi connectivity index (χ0n) is 16.3. The van der Waals surface area contributed by atoms with E-state index in [1.54, 1.807) is 28.4 Å². The second-order valence-electron chi connectivity index (χ2n) is 4.42. The summed E-state index contributed by atoms with van der Waals surface area (Å²) >= 11 is 0. The number of hydrogen-bond donors (Lipinski definition) is 0. The summed E-state index contributed by atoms with van der Waals surface area (Å²) in [6, 6.07) is 0. The van der Waals surface area contributed by atoms with Crippen LogP contribution in [0.3, 0.4) is 0 Å². The van der Waals surface area contributed by atoms with Gasteiger partial charge in [-0.2, -0.15) is 0 Å². The fraction of sp³-hybridized carbons (Fsp3) is 1.00. The Morgan fingerprint density at radius 1 is 0.320 bits per heavy atom. The Hall–Kier alpha value is -0.360. The lowest BCUT2D eigenvalue weighted by Crippen LogP contribution is -2.10. The quantitative estimate of drug-likeness (QED) is 0.304. The van der Waals surface area contributed by atoms with Crippen molar-refractivity contribution in [3.05, 3.63) is 0 Å². The summed E-state index contributed by atoms with van der Waals surface area (Å²) in [5.74, 6) is 0. The van der Waals surface area contributed by atoms with Gasteiger partial charge in [0.05, 0.1) is 79.3 Å². The average Bonchev–Trinajstić information content (AvgIpc) is 2.60. The van der Waals surface area contributed by atoms with Crippen LogP contribution in [0, 0.1) is 0 Å². The van der Waals surface area contributed by atoms with Gasteiger partial charge < -0.3 is 43.4 Å². The molecule has 0 aromatic heterocycles. The molecule has 0 unspecified atom stereocenters. The molecular formula is C16H38O9. The highest BCUT2D eigenvalue weighted by molar-refractivity contribution is 4.33. The smallest absolute Gasteiger partial charge is 0.0701 e. The van der Waals surface area contributed by atoms with Crippen LogP contribution in [0.1, 0.15) is 0 Å². The minimum atomic E-state index is 0. The normalized spacial score (nSPS) is 10.1. The van der Waals surface area contributed by atoms with Crippen molar-refractivity contribution < 1.29 is 43.4 Å². The van der Waals surface area contributed by atoms with Crippen LogP contribution >= 0.6 is 0 Å². The standard InChI is InChI=1S/2C8H18O4.H2O/c2*1-9-3-5-11-7-8-12-6-4-10-2;/h2*3-8H2,1-2H3;1H2. The van der Waals surface area contributed by atoms with Crippen molar-refractivity contribution in [3.8, 4) is 0 Å². The summed E-state index contributed by atoms with van der Waals surface area (Å²) in [4.78, 5) is 0. The van der Waals surface area contributed by atoms with E-state index in [2.05, 4.69) is 0 Å². The topological polar surface area (TPSA) is 105 Å². The SMILES string of the molecule is COCCOCCOCCOC.COCCOCCOCCOC.O. The van der Waals surface area contributed by atoms with Crippen molar-refractivity contribution in [2.75, 3.05) is 108 Å². The Bertz CT molecular complexity index is 156. The number of methoxy groups -OCH3 is 4.